The molecule has 2 N–H and O–H groups in total. The van der Waals surface area contributed by atoms with Crippen LogP contribution in [0.25, 0.3) is 0 Å². The molecule has 0 radical (unpaired) electrons. The third-order valence-electron chi connectivity index (χ3n) is 3.19. The topological polar surface area (TPSA) is 35.2 Å². The van der Waals surface area contributed by atoms with Gasteiger partial charge in [0.05, 0.1) is 6.26 Å². The predicted molar refractivity (Wildman–Crippen MR) is 68.7 cm³/mol. The first-order valence-corrected chi connectivity index (χ1v) is 5.61. The van der Waals surface area contributed by atoms with Crippen LogP contribution in [0.4, 0.5) is 0 Å². The van der Waals surface area contributed by atoms with Crippen molar-refractivity contribution in [2.24, 2.45) is 11.1 Å². The highest BCUT2D eigenvalue weighted by Crippen LogP contribution is 2.37. The summed E-state index contributed by atoms with van der Waals surface area (Å²) < 4.78 is 5.43. The van der Waals surface area contributed by atoms with Crippen molar-refractivity contribution >= 4 is 0 Å². The normalized spacial score (nSPS) is 23.1. The Bertz CT molecular complexity index is 359. The highest BCUT2D eigenvalue weighted by Gasteiger charge is 2.27. The first-order valence-electron chi connectivity index (χ1n) is 5.61. The van der Waals surface area contributed by atoms with Gasteiger partial charge in [-0.15, -0.1) is 0 Å². The fourth-order valence-corrected chi connectivity index (χ4v) is 1.58. The third kappa shape index (κ3) is 2.57. The van der Waals surface area contributed by atoms with Gasteiger partial charge in [-0.1, -0.05) is 33.4 Å². The molecule has 1 heterocycles. The minimum atomic E-state index is -0.0730. The van der Waals surface area contributed by atoms with Gasteiger partial charge in [0.2, 0.25) is 0 Å². The predicted octanol–water partition coefficient (Wildman–Crippen LogP) is 3.29. The largest absolute Gasteiger partial charge is 0.497 e. The van der Waals surface area contributed by atoms with Crippen LogP contribution < -0.4 is 5.73 Å². The lowest BCUT2D eigenvalue weighted by Crippen LogP contribution is -2.18. The Kier molecular flexibility index (Phi) is 3.99. The van der Waals surface area contributed by atoms with E-state index in [-0.39, 0.29) is 5.41 Å². The molecule has 1 rings (SSSR count). The van der Waals surface area contributed by atoms with Crippen LogP contribution in [-0.2, 0) is 4.74 Å². The third-order valence-corrected chi connectivity index (χ3v) is 3.19. The maximum absolute atomic E-state index is 5.58. The second kappa shape index (κ2) is 5.06. The molecule has 1 aliphatic rings. The van der Waals surface area contributed by atoms with E-state index in [9.17, 15) is 0 Å². The standard InChI is InChI=1S/C14H21NO/c1-5-12(9-15)8-13-10-16-7-6-11(2)14(13,3)4/h6-9H,2,5,10,15H2,1,3-4H3/b12-9-,13-8+. The van der Waals surface area contributed by atoms with Crippen LogP contribution in [0.2, 0.25) is 0 Å². The minimum absolute atomic E-state index is 0.0730. The van der Waals surface area contributed by atoms with Gasteiger partial charge in [-0.2, -0.15) is 0 Å². The summed E-state index contributed by atoms with van der Waals surface area (Å²) in [6, 6.07) is 0. The molecule has 0 saturated heterocycles. The van der Waals surface area contributed by atoms with E-state index >= 15 is 0 Å². The van der Waals surface area contributed by atoms with Crippen LogP contribution in [-0.4, -0.2) is 6.61 Å². The van der Waals surface area contributed by atoms with Gasteiger partial charge in [0.25, 0.3) is 0 Å². The SMILES string of the molecule is C=C1C=COC/C(=C\C(=C/N)CC)C1(C)C. The van der Waals surface area contributed by atoms with Crippen LogP contribution in [0, 0.1) is 5.41 Å². The molecule has 0 amide bonds. The average Bonchev–Trinajstić information content (AvgIpc) is 2.38. The van der Waals surface area contributed by atoms with E-state index in [2.05, 4.69) is 33.4 Å². The summed E-state index contributed by atoms with van der Waals surface area (Å²) in [5.41, 5.74) is 8.90. The number of allylic oxidation sites excluding steroid dienone is 4. The Morgan fingerprint density at radius 2 is 2.31 bits per heavy atom. The highest BCUT2D eigenvalue weighted by atomic mass is 16.5. The zero-order valence-electron chi connectivity index (χ0n) is 10.4. The van der Waals surface area contributed by atoms with E-state index in [1.165, 1.54) is 5.57 Å². The van der Waals surface area contributed by atoms with Crippen LogP contribution in [0.15, 0.2) is 47.9 Å². The molecule has 2 heteroatoms. The van der Waals surface area contributed by atoms with Crippen LogP contribution in [0.1, 0.15) is 27.2 Å². The smallest absolute Gasteiger partial charge is 0.110 e. The molecule has 0 unspecified atom stereocenters. The summed E-state index contributed by atoms with van der Waals surface area (Å²) in [5, 5.41) is 0. The Morgan fingerprint density at radius 3 is 2.88 bits per heavy atom. The lowest BCUT2D eigenvalue weighted by Gasteiger charge is -2.27. The first kappa shape index (κ1) is 12.6. The number of hydrogen-bond acceptors (Lipinski definition) is 2. The Hall–Kier alpha value is -1.44. The van der Waals surface area contributed by atoms with E-state index in [0.717, 1.165) is 17.6 Å². The molecule has 1 aliphatic heterocycles. The van der Waals surface area contributed by atoms with Gasteiger partial charge in [-0.3, -0.25) is 0 Å². The van der Waals surface area contributed by atoms with Crippen molar-refractivity contribution in [3.8, 4) is 0 Å². The van der Waals surface area contributed by atoms with Gasteiger partial charge in [-0.05, 0) is 35.4 Å². The van der Waals surface area contributed by atoms with Crippen LogP contribution in [0.5, 0.6) is 0 Å². The molecule has 0 spiro atoms. The molecular weight excluding hydrogens is 198 g/mol. The summed E-state index contributed by atoms with van der Waals surface area (Å²) in [4.78, 5) is 0. The molecule has 16 heavy (non-hydrogen) atoms. The van der Waals surface area contributed by atoms with Crippen molar-refractivity contribution < 1.29 is 4.74 Å². The van der Waals surface area contributed by atoms with Gasteiger partial charge in [0, 0.05) is 5.41 Å². The van der Waals surface area contributed by atoms with E-state index in [1.807, 2.05) is 6.08 Å². The van der Waals surface area contributed by atoms with Crippen molar-refractivity contribution in [3.63, 3.8) is 0 Å². The molecule has 0 aliphatic carbocycles. The molecule has 88 valence electrons. The minimum Gasteiger partial charge on any atom is -0.497 e. The fraction of sp³-hybridized carbons (Fsp3) is 0.429. The second-order valence-electron chi connectivity index (χ2n) is 4.53. The van der Waals surface area contributed by atoms with Gasteiger partial charge in [0.1, 0.15) is 6.61 Å². The number of rotatable bonds is 2. The molecule has 0 atom stereocenters. The highest BCUT2D eigenvalue weighted by molar-refractivity contribution is 5.38. The molecule has 0 fully saturated rings. The van der Waals surface area contributed by atoms with Gasteiger partial charge < -0.3 is 10.5 Å². The second-order valence-corrected chi connectivity index (χ2v) is 4.53. The van der Waals surface area contributed by atoms with Crippen molar-refractivity contribution in [3.05, 3.63) is 47.9 Å². The summed E-state index contributed by atoms with van der Waals surface area (Å²) >= 11 is 0. The van der Waals surface area contributed by atoms with Crippen LogP contribution in [0.3, 0.4) is 0 Å². The summed E-state index contributed by atoms with van der Waals surface area (Å²) in [6.45, 7) is 11.1. The summed E-state index contributed by atoms with van der Waals surface area (Å²) in [6.07, 6.45) is 8.35. The van der Waals surface area contributed by atoms with Gasteiger partial charge in [0.15, 0.2) is 0 Å². The number of hydrogen-bond donors (Lipinski definition) is 1. The van der Waals surface area contributed by atoms with E-state index < -0.39 is 0 Å². The average molecular weight is 219 g/mol. The maximum atomic E-state index is 5.58. The zero-order chi connectivity index (χ0) is 12.2. The van der Waals surface area contributed by atoms with E-state index in [0.29, 0.717) is 6.61 Å². The first-order chi connectivity index (χ1) is 7.52. The number of nitrogens with two attached hydrogens (primary N) is 1. The van der Waals surface area contributed by atoms with Crippen molar-refractivity contribution in [1.82, 2.24) is 0 Å². The zero-order valence-corrected chi connectivity index (χ0v) is 10.4. The van der Waals surface area contributed by atoms with Gasteiger partial charge in [-0.25, -0.2) is 0 Å². The quantitative estimate of drug-likeness (QED) is 0.773. The lowest BCUT2D eigenvalue weighted by molar-refractivity contribution is 0.268. The Morgan fingerprint density at radius 1 is 1.62 bits per heavy atom. The molecule has 0 aromatic rings. The maximum Gasteiger partial charge on any atom is 0.110 e. The van der Waals surface area contributed by atoms with Crippen LogP contribution >= 0.6 is 0 Å². The summed E-state index contributed by atoms with van der Waals surface area (Å²) in [5.74, 6) is 0. The lowest BCUT2D eigenvalue weighted by atomic mass is 9.77. The molecule has 0 aromatic heterocycles. The van der Waals surface area contributed by atoms with Crippen molar-refractivity contribution in [2.45, 2.75) is 27.2 Å². The van der Waals surface area contributed by atoms with E-state index in [4.69, 9.17) is 10.5 Å². The molecule has 0 saturated carbocycles. The van der Waals surface area contributed by atoms with Crippen molar-refractivity contribution in [2.75, 3.05) is 6.61 Å². The Labute approximate surface area is 98.2 Å². The number of ether oxygens (including phenoxy) is 1. The van der Waals surface area contributed by atoms with E-state index in [1.54, 1.807) is 12.5 Å². The monoisotopic (exact) mass is 219 g/mol. The fourth-order valence-electron chi connectivity index (χ4n) is 1.58. The van der Waals surface area contributed by atoms with Crippen molar-refractivity contribution in [1.29, 1.82) is 0 Å². The summed E-state index contributed by atoms with van der Waals surface area (Å²) in [7, 11) is 0. The van der Waals surface area contributed by atoms with Gasteiger partial charge >= 0.3 is 0 Å². The molecule has 0 bridgehead atoms. The Balaban J connectivity index is 3.08. The molecule has 0 aromatic carbocycles. The molecule has 2 nitrogen and oxygen atoms in total. The molecular formula is C14H21NO.